The second-order valence-electron chi connectivity index (χ2n) is 3.40. The van der Waals surface area contributed by atoms with E-state index in [1.807, 2.05) is 26.8 Å². The molecule has 3 nitrogen and oxygen atoms in total. The van der Waals surface area contributed by atoms with Crippen molar-refractivity contribution in [3.8, 4) is 0 Å². The molecule has 0 aliphatic rings. The molecule has 1 heterocycles. The van der Waals surface area contributed by atoms with Crippen molar-refractivity contribution in [3.05, 3.63) is 28.2 Å². The maximum atomic E-state index is 11.6. The Morgan fingerprint density at radius 2 is 2.08 bits per heavy atom. The van der Waals surface area contributed by atoms with Crippen LogP contribution in [-0.2, 0) is 6.42 Å². The molecule has 13 heavy (non-hydrogen) atoms. The Kier molecular flexibility index (Phi) is 2.76. The van der Waals surface area contributed by atoms with Crippen LogP contribution in [0.25, 0.3) is 0 Å². The highest BCUT2D eigenvalue weighted by atomic mass is 16.1. The van der Waals surface area contributed by atoms with Gasteiger partial charge in [0.05, 0.1) is 5.69 Å². The molecule has 0 saturated carbocycles. The van der Waals surface area contributed by atoms with Gasteiger partial charge < -0.3 is 10.3 Å². The summed E-state index contributed by atoms with van der Waals surface area (Å²) in [5.74, 6) is 0. The van der Waals surface area contributed by atoms with Gasteiger partial charge in [-0.1, -0.05) is 6.92 Å². The summed E-state index contributed by atoms with van der Waals surface area (Å²) in [4.78, 5) is 11.6. The van der Waals surface area contributed by atoms with Crippen LogP contribution in [0.15, 0.2) is 16.9 Å². The lowest BCUT2D eigenvalue weighted by molar-refractivity contribution is 0.554. The molecule has 1 aromatic heterocycles. The fourth-order valence-electron chi connectivity index (χ4n) is 1.46. The number of rotatable bonds is 2. The molecule has 1 aromatic rings. The average molecular weight is 180 g/mol. The molecule has 0 aliphatic heterocycles. The Morgan fingerprint density at radius 3 is 2.54 bits per heavy atom. The molecule has 0 spiro atoms. The first-order valence-corrected chi connectivity index (χ1v) is 4.57. The summed E-state index contributed by atoms with van der Waals surface area (Å²) < 4.78 is 1.75. The second-order valence-corrected chi connectivity index (χ2v) is 3.40. The molecule has 0 bridgehead atoms. The van der Waals surface area contributed by atoms with Gasteiger partial charge in [-0.25, -0.2) is 0 Å². The lowest BCUT2D eigenvalue weighted by Crippen LogP contribution is -2.26. The van der Waals surface area contributed by atoms with E-state index >= 15 is 0 Å². The fourth-order valence-corrected chi connectivity index (χ4v) is 1.46. The van der Waals surface area contributed by atoms with E-state index in [9.17, 15) is 4.79 Å². The van der Waals surface area contributed by atoms with E-state index in [-0.39, 0.29) is 11.6 Å². The van der Waals surface area contributed by atoms with Crippen LogP contribution in [0, 0.1) is 0 Å². The molecule has 0 saturated heterocycles. The Bertz CT molecular complexity index is 352. The molecule has 72 valence electrons. The van der Waals surface area contributed by atoms with Crippen molar-refractivity contribution in [1.82, 2.24) is 4.57 Å². The van der Waals surface area contributed by atoms with Gasteiger partial charge in [0.2, 0.25) is 0 Å². The van der Waals surface area contributed by atoms with E-state index in [1.54, 1.807) is 10.6 Å². The number of hydrogen-bond donors (Lipinski definition) is 1. The summed E-state index contributed by atoms with van der Waals surface area (Å²) in [6.45, 7) is 6.00. The molecule has 0 amide bonds. The Labute approximate surface area is 78.2 Å². The number of pyridine rings is 1. The Morgan fingerprint density at radius 1 is 1.46 bits per heavy atom. The first-order valence-electron chi connectivity index (χ1n) is 4.57. The highest BCUT2D eigenvalue weighted by Crippen LogP contribution is 2.08. The van der Waals surface area contributed by atoms with E-state index in [0.717, 1.165) is 12.1 Å². The predicted molar refractivity (Wildman–Crippen MR) is 54.9 cm³/mol. The predicted octanol–water partition coefficient (Wildman–Crippen LogP) is 1.57. The minimum absolute atomic E-state index is 0.0747. The zero-order chi connectivity index (χ0) is 10.0. The summed E-state index contributed by atoms with van der Waals surface area (Å²) in [6.07, 6.45) is 0.855. The van der Waals surface area contributed by atoms with Gasteiger partial charge in [-0.3, -0.25) is 4.79 Å². The lowest BCUT2D eigenvalue weighted by Gasteiger charge is -2.15. The maximum Gasteiger partial charge on any atom is 0.274 e. The Balaban J connectivity index is 3.42. The molecule has 3 heteroatoms. The van der Waals surface area contributed by atoms with Gasteiger partial charge in [0.15, 0.2) is 0 Å². The van der Waals surface area contributed by atoms with Crippen LogP contribution >= 0.6 is 0 Å². The molecule has 0 aliphatic carbocycles. The van der Waals surface area contributed by atoms with Gasteiger partial charge in [-0.15, -0.1) is 0 Å². The molecule has 0 fully saturated rings. The number of anilines is 1. The van der Waals surface area contributed by atoms with Crippen LogP contribution in [0.5, 0.6) is 0 Å². The smallest absolute Gasteiger partial charge is 0.274 e. The van der Waals surface area contributed by atoms with Gasteiger partial charge in [-0.2, -0.15) is 0 Å². The SMILES string of the molecule is CCc1ccc(N)c(=O)n1C(C)C. The van der Waals surface area contributed by atoms with E-state index in [1.165, 1.54) is 0 Å². The van der Waals surface area contributed by atoms with Crippen molar-refractivity contribution in [2.45, 2.75) is 33.2 Å². The monoisotopic (exact) mass is 180 g/mol. The fraction of sp³-hybridized carbons (Fsp3) is 0.500. The average Bonchev–Trinajstić information content (AvgIpc) is 2.08. The van der Waals surface area contributed by atoms with E-state index in [4.69, 9.17) is 5.73 Å². The van der Waals surface area contributed by atoms with Gasteiger partial charge >= 0.3 is 0 Å². The third-order valence-corrected chi connectivity index (χ3v) is 2.11. The number of nitrogens with two attached hydrogens (primary N) is 1. The first kappa shape index (κ1) is 9.84. The highest BCUT2D eigenvalue weighted by molar-refractivity contribution is 5.36. The lowest BCUT2D eigenvalue weighted by atomic mass is 10.2. The van der Waals surface area contributed by atoms with Gasteiger partial charge in [0.25, 0.3) is 5.56 Å². The number of aryl methyl sites for hydroxylation is 1. The van der Waals surface area contributed by atoms with Crippen LogP contribution in [0.1, 0.15) is 32.5 Å². The quantitative estimate of drug-likeness (QED) is 0.751. The summed E-state index contributed by atoms with van der Waals surface area (Å²) in [5.41, 5.74) is 6.84. The molecule has 1 rings (SSSR count). The highest BCUT2D eigenvalue weighted by Gasteiger charge is 2.07. The van der Waals surface area contributed by atoms with Crippen LogP contribution < -0.4 is 11.3 Å². The third-order valence-electron chi connectivity index (χ3n) is 2.11. The maximum absolute atomic E-state index is 11.6. The topological polar surface area (TPSA) is 48.0 Å². The Hall–Kier alpha value is -1.25. The van der Waals surface area contributed by atoms with Crippen molar-refractivity contribution in [2.75, 3.05) is 5.73 Å². The molecule has 0 radical (unpaired) electrons. The van der Waals surface area contributed by atoms with Gasteiger partial charge in [0, 0.05) is 11.7 Å². The van der Waals surface area contributed by atoms with Crippen molar-refractivity contribution in [3.63, 3.8) is 0 Å². The number of aromatic nitrogens is 1. The number of nitrogen functional groups attached to an aromatic ring is 1. The zero-order valence-corrected chi connectivity index (χ0v) is 8.37. The number of hydrogen-bond acceptors (Lipinski definition) is 2. The van der Waals surface area contributed by atoms with Crippen molar-refractivity contribution in [1.29, 1.82) is 0 Å². The van der Waals surface area contributed by atoms with E-state index in [2.05, 4.69) is 0 Å². The summed E-state index contributed by atoms with van der Waals surface area (Å²) in [7, 11) is 0. The van der Waals surface area contributed by atoms with Crippen molar-refractivity contribution < 1.29 is 0 Å². The third kappa shape index (κ3) is 1.74. The van der Waals surface area contributed by atoms with Crippen LogP contribution in [-0.4, -0.2) is 4.57 Å². The van der Waals surface area contributed by atoms with E-state index < -0.39 is 0 Å². The van der Waals surface area contributed by atoms with Crippen molar-refractivity contribution in [2.24, 2.45) is 0 Å². The van der Waals surface area contributed by atoms with Crippen LogP contribution in [0.2, 0.25) is 0 Å². The summed E-state index contributed by atoms with van der Waals surface area (Å²) in [6, 6.07) is 3.77. The largest absolute Gasteiger partial charge is 0.394 e. The minimum Gasteiger partial charge on any atom is -0.394 e. The normalized spacial score (nSPS) is 10.8. The van der Waals surface area contributed by atoms with Gasteiger partial charge in [-0.05, 0) is 32.4 Å². The molecule has 0 atom stereocenters. The zero-order valence-electron chi connectivity index (χ0n) is 8.37. The minimum atomic E-state index is -0.0747. The molecule has 2 N–H and O–H groups in total. The first-order chi connectivity index (χ1) is 6.07. The van der Waals surface area contributed by atoms with Crippen LogP contribution in [0.4, 0.5) is 5.69 Å². The molecule has 0 aromatic carbocycles. The molecule has 0 unspecified atom stereocenters. The standard InChI is InChI=1S/C10H16N2O/c1-4-8-5-6-9(11)10(13)12(8)7(2)3/h5-7H,4,11H2,1-3H3. The number of nitrogens with zero attached hydrogens (tertiary/aromatic N) is 1. The summed E-state index contributed by atoms with van der Waals surface area (Å²) >= 11 is 0. The van der Waals surface area contributed by atoms with E-state index in [0.29, 0.717) is 5.69 Å². The van der Waals surface area contributed by atoms with Gasteiger partial charge in [0.1, 0.15) is 0 Å². The summed E-state index contributed by atoms with van der Waals surface area (Å²) in [5, 5.41) is 0. The van der Waals surface area contributed by atoms with Crippen LogP contribution in [0.3, 0.4) is 0 Å². The molecular weight excluding hydrogens is 164 g/mol. The van der Waals surface area contributed by atoms with Crippen molar-refractivity contribution >= 4 is 5.69 Å². The molecular formula is C10H16N2O. The second kappa shape index (κ2) is 3.64.